The molecule has 2 nitrogen and oxygen atoms in total. The molecule has 0 radical (unpaired) electrons. The third-order valence-electron chi connectivity index (χ3n) is 6.31. The van der Waals surface area contributed by atoms with Gasteiger partial charge in [-0.15, -0.1) is 0 Å². The summed E-state index contributed by atoms with van der Waals surface area (Å²) in [5.74, 6) is 0. The van der Waals surface area contributed by atoms with Crippen LogP contribution in [0.25, 0.3) is 5.69 Å². The zero-order valence-corrected chi connectivity index (χ0v) is 22.2. The molecule has 31 heavy (non-hydrogen) atoms. The fourth-order valence-electron chi connectivity index (χ4n) is 4.91. The van der Waals surface area contributed by atoms with E-state index in [0.717, 1.165) is 0 Å². The highest BCUT2D eigenvalue weighted by atomic mass is 127. The Kier molecular flexibility index (Phi) is 6.91. The van der Waals surface area contributed by atoms with Crippen LogP contribution in [0.3, 0.4) is 0 Å². The number of aryl methyl sites for hydroxylation is 1. The van der Waals surface area contributed by atoms with Gasteiger partial charge in [0.05, 0.1) is 12.7 Å². The smallest absolute Gasteiger partial charge is 0.238 e. The molecule has 4 rings (SSSR count). The first kappa shape index (κ1) is 23.5. The largest absolute Gasteiger partial charge is 1.00 e. The SMILES string of the molecule is Cc1cc([Si](c2ccccc2)(c2ccccc2)C(C)(C)C)[n+](-c2ccccc2)n1C.[I-]. The summed E-state index contributed by atoms with van der Waals surface area (Å²) < 4.78 is 4.73. The Hall–Kier alpha value is -2.18. The summed E-state index contributed by atoms with van der Waals surface area (Å²) in [7, 11) is -0.251. The highest BCUT2D eigenvalue weighted by molar-refractivity contribution is 7.12. The van der Waals surface area contributed by atoms with Crippen LogP contribution in [-0.2, 0) is 7.05 Å². The molecule has 0 saturated heterocycles. The zero-order valence-electron chi connectivity index (χ0n) is 19.0. The van der Waals surface area contributed by atoms with Gasteiger partial charge in [-0.05, 0) is 22.3 Å². The van der Waals surface area contributed by atoms with Crippen molar-refractivity contribution in [2.24, 2.45) is 7.05 Å². The van der Waals surface area contributed by atoms with Crippen LogP contribution >= 0.6 is 0 Å². The third kappa shape index (κ3) is 3.91. The van der Waals surface area contributed by atoms with Gasteiger partial charge in [-0.25, -0.2) is 0 Å². The van der Waals surface area contributed by atoms with Gasteiger partial charge in [-0.3, -0.25) is 0 Å². The standard InChI is InChI=1S/C27H31N2Si.HI/c1-22-21-26(29(28(22)5)23-15-9-6-10-16-23)30(27(2,3)4,24-17-11-7-12-18-24)25-19-13-8-14-20-25;/h6-21H,1-5H3;1H/q+1;/p-1. The Morgan fingerprint density at radius 3 is 1.55 bits per heavy atom. The van der Waals surface area contributed by atoms with Crippen LogP contribution < -0.4 is 44.3 Å². The van der Waals surface area contributed by atoms with E-state index in [1.54, 1.807) is 0 Å². The Labute approximate surface area is 204 Å². The normalized spacial score (nSPS) is 11.8. The van der Waals surface area contributed by atoms with Gasteiger partial charge in [0, 0.05) is 18.2 Å². The summed E-state index contributed by atoms with van der Waals surface area (Å²) in [5.41, 5.74) is 2.47. The molecule has 0 unspecified atom stereocenters. The molecule has 160 valence electrons. The summed E-state index contributed by atoms with van der Waals surface area (Å²) in [5, 5.41) is 4.36. The second kappa shape index (κ2) is 9.13. The Morgan fingerprint density at radius 2 is 1.13 bits per heavy atom. The molecule has 0 fully saturated rings. The van der Waals surface area contributed by atoms with Crippen LogP contribution in [0.1, 0.15) is 26.5 Å². The third-order valence-corrected chi connectivity index (χ3v) is 12.1. The lowest BCUT2D eigenvalue weighted by atomic mass is 10.2. The molecule has 0 aliphatic rings. The van der Waals surface area contributed by atoms with Gasteiger partial charge in [0.1, 0.15) is 0 Å². The molecule has 4 aromatic rings. The van der Waals surface area contributed by atoms with Crippen molar-refractivity contribution in [3.8, 4) is 5.69 Å². The maximum atomic E-state index is 2.44. The highest BCUT2D eigenvalue weighted by Gasteiger charge is 2.56. The fraction of sp³-hybridized carbons (Fsp3) is 0.222. The molecule has 0 spiro atoms. The minimum Gasteiger partial charge on any atom is -1.00 e. The van der Waals surface area contributed by atoms with Crippen molar-refractivity contribution in [1.29, 1.82) is 0 Å². The fourth-order valence-corrected chi connectivity index (χ4v) is 10.7. The summed E-state index contributed by atoms with van der Waals surface area (Å²) in [6.07, 6.45) is 0. The number of aromatic nitrogens is 2. The number of rotatable bonds is 4. The van der Waals surface area contributed by atoms with Crippen molar-refractivity contribution in [2.45, 2.75) is 32.7 Å². The van der Waals surface area contributed by atoms with Crippen molar-refractivity contribution >= 4 is 23.8 Å². The maximum Gasteiger partial charge on any atom is 0.238 e. The van der Waals surface area contributed by atoms with Crippen molar-refractivity contribution < 1.29 is 28.7 Å². The summed E-state index contributed by atoms with van der Waals surface area (Å²) >= 11 is 0. The first-order valence-corrected chi connectivity index (χ1v) is 12.6. The monoisotopic (exact) mass is 538 g/mol. The van der Waals surface area contributed by atoms with Gasteiger partial charge in [-0.2, -0.15) is 4.68 Å². The topological polar surface area (TPSA) is 8.81 Å². The zero-order chi connectivity index (χ0) is 21.4. The lowest BCUT2D eigenvalue weighted by Crippen LogP contribution is -3.00. The molecular formula is C27H31IN2Si. The van der Waals surface area contributed by atoms with E-state index in [1.165, 1.54) is 27.1 Å². The lowest BCUT2D eigenvalue weighted by molar-refractivity contribution is -0.667. The van der Waals surface area contributed by atoms with Crippen LogP contribution in [0.15, 0.2) is 97.1 Å². The van der Waals surface area contributed by atoms with Gasteiger partial charge in [0.2, 0.25) is 13.8 Å². The van der Waals surface area contributed by atoms with E-state index in [4.69, 9.17) is 0 Å². The Bertz CT molecular complexity index is 1090. The van der Waals surface area contributed by atoms with Crippen molar-refractivity contribution in [3.63, 3.8) is 0 Å². The summed E-state index contributed by atoms with van der Waals surface area (Å²) in [6, 6.07) is 35.5. The number of halogens is 1. The summed E-state index contributed by atoms with van der Waals surface area (Å²) in [6.45, 7) is 9.45. The van der Waals surface area contributed by atoms with Crippen LogP contribution in [0.2, 0.25) is 5.04 Å². The van der Waals surface area contributed by atoms with E-state index in [1.807, 2.05) is 0 Å². The van der Waals surface area contributed by atoms with E-state index in [2.05, 4.69) is 141 Å². The van der Waals surface area contributed by atoms with Crippen LogP contribution in [0.5, 0.6) is 0 Å². The molecule has 1 aromatic heterocycles. The average molecular weight is 539 g/mol. The van der Waals surface area contributed by atoms with Crippen molar-refractivity contribution in [3.05, 3.63) is 103 Å². The number of benzene rings is 3. The minimum atomic E-state index is -2.42. The predicted molar refractivity (Wildman–Crippen MR) is 129 cm³/mol. The van der Waals surface area contributed by atoms with Crippen molar-refractivity contribution in [1.82, 2.24) is 4.68 Å². The van der Waals surface area contributed by atoms with Crippen LogP contribution in [0, 0.1) is 6.92 Å². The second-order valence-corrected chi connectivity index (χ2v) is 13.7. The van der Waals surface area contributed by atoms with E-state index < -0.39 is 8.07 Å². The number of hydrogen-bond acceptors (Lipinski definition) is 0. The van der Waals surface area contributed by atoms with E-state index in [9.17, 15) is 0 Å². The van der Waals surface area contributed by atoms with Crippen molar-refractivity contribution in [2.75, 3.05) is 0 Å². The first-order valence-electron chi connectivity index (χ1n) is 10.6. The molecule has 4 heteroatoms. The quantitative estimate of drug-likeness (QED) is 0.207. The Balaban J connectivity index is 0.00000272. The molecule has 0 saturated carbocycles. The Morgan fingerprint density at radius 1 is 0.710 bits per heavy atom. The van der Waals surface area contributed by atoms with Crippen LogP contribution in [-0.4, -0.2) is 12.8 Å². The van der Waals surface area contributed by atoms with E-state index in [0.29, 0.717) is 0 Å². The molecule has 0 amide bonds. The molecule has 0 aliphatic heterocycles. The lowest BCUT2D eigenvalue weighted by Gasteiger charge is -2.40. The molecule has 0 bridgehead atoms. The second-order valence-electron chi connectivity index (χ2n) is 9.07. The number of nitrogens with zero attached hydrogens (tertiary/aromatic N) is 2. The van der Waals surface area contributed by atoms with Gasteiger partial charge in [-0.1, -0.05) is 104 Å². The molecular weight excluding hydrogens is 507 g/mol. The predicted octanol–water partition coefficient (Wildman–Crippen LogP) is 0.885. The number of para-hydroxylation sites is 1. The van der Waals surface area contributed by atoms with Gasteiger partial charge < -0.3 is 24.0 Å². The van der Waals surface area contributed by atoms with Crippen LogP contribution in [0.4, 0.5) is 0 Å². The summed E-state index contributed by atoms with van der Waals surface area (Å²) in [4.78, 5) is 0. The number of hydrogen-bond donors (Lipinski definition) is 0. The highest BCUT2D eigenvalue weighted by Crippen LogP contribution is 2.35. The van der Waals surface area contributed by atoms with Gasteiger partial charge in [0.15, 0.2) is 5.32 Å². The minimum absolute atomic E-state index is 0. The van der Waals surface area contributed by atoms with E-state index >= 15 is 0 Å². The molecule has 0 atom stereocenters. The first-order chi connectivity index (χ1) is 14.4. The van der Waals surface area contributed by atoms with Gasteiger partial charge in [0.25, 0.3) is 0 Å². The molecule has 3 aromatic carbocycles. The van der Waals surface area contributed by atoms with E-state index in [-0.39, 0.29) is 29.0 Å². The average Bonchev–Trinajstić information content (AvgIpc) is 3.04. The molecule has 0 N–H and O–H groups in total. The van der Waals surface area contributed by atoms with Gasteiger partial charge >= 0.3 is 0 Å². The maximum absolute atomic E-state index is 2.44. The molecule has 0 aliphatic carbocycles. The molecule has 1 heterocycles.